The number of hydrogen-bond donors (Lipinski definition) is 1. The highest BCUT2D eigenvalue weighted by molar-refractivity contribution is 7.97. The second-order valence-electron chi connectivity index (χ2n) is 4.72. The van der Waals surface area contributed by atoms with E-state index >= 15 is 0 Å². The Morgan fingerprint density at radius 2 is 1.71 bits per heavy atom. The van der Waals surface area contributed by atoms with Gasteiger partial charge in [0.2, 0.25) is 0 Å². The van der Waals surface area contributed by atoms with E-state index in [9.17, 15) is 0 Å². The lowest BCUT2D eigenvalue weighted by Crippen LogP contribution is -1.85. The van der Waals surface area contributed by atoms with Crippen molar-refractivity contribution in [3.63, 3.8) is 0 Å². The number of H-pyrrole nitrogens is 1. The Labute approximate surface area is 133 Å². The Morgan fingerprint density at radius 3 is 2.38 bits per heavy atom. The quantitative estimate of drug-likeness (QED) is 0.711. The molecule has 0 saturated heterocycles. The molecule has 0 spiro atoms. The number of hydrogen-bond acceptors (Lipinski definition) is 2. The van der Waals surface area contributed by atoms with Gasteiger partial charge in [0, 0.05) is 21.9 Å². The highest BCUT2D eigenvalue weighted by atomic mass is 35.5. The van der Waals surface area contributed by atoms with Crippen molar-refractivity contribution in [2.45, 2.75) is 5.75 Å². The zero-order valence-electron chi connectivity index (χ0n) is 11.6. The fourth-order valence-electron chi connectivity index (χ4n) is 2.24. The van der Waals surface area contributed by atoms with Crippen LogP contribution < -0.4 is 0 Å². The summed E-state index contributed by atoms with van der Waals surface area (Å²) in [6.07, 6.45) is 2.09. The third kappa shape index (κ3) is 3.14. The van der Waals surface area contributed by atoms with Crippen LogP contribution in [0.15, 0.2) is 54.6 Å². The topological polar surface area (TPSA) is 28.7 Å². The van der Waals surface area contributed by atoms with E-state index in [1.807, 2.05) is 42.5 Å². The molecule has 0 unspecified atom stereocenters. The van der Waals surface area contributed by atoms with Crippen LogP contribution in [0.3, 0.4) is 0 Å². The van der Waals surface area contributed by atoms with E-state index in [0.717, 1.165) is 39.1 Å². The van der Waals surface area contributed by atoms with Crippen LogP contribution in [0.5, 0.6) is 0 Å². The molecule has 2 nitrogen and oxygen atoms in total. The average molecular weight is 315 g/mol. The van der Waals surface area contributed by atoms with Crippen LogP contribution in [0.25, 0.3) is 22.6 Å². The Bertz CT molecular complexity index is 720. The molecule has 0 radical (unpaired) electrons. The predicted molar refractivity (Wildman–Crippen MR) is 91.7 cm³/mol. The molecule has 106 valence electrons. The molecule has 3 rings (SSSR count). The summed E-state index contributed by atoms with van der Waals surface area (Å²) in [4.78, 5) is 8.23. The smallest absolute Gasteiger partial charge is 0.138 e. The predicted octanol–water partition coefficient (Wildman–Crippen LogP) is 5.26. The fraction of sp³-hybridized carbons (Fsp3) is 0.118. The van der Waals surface area contributed by atoms with Crippen LogP contribution >= 0.6 is 23.4 Å². The molecule has 21 heavy (non-hydrogen) atoms. The van der Waals surface area contributed by atoms with Crippen molar-refractivity contribution in [3.05, 3.63) is 65.3 Å². The van der Waals surface area contributed by atoms with E-state index in [1.54, 1.807) is 11.8 Å². The average Bonchev–Trinajstić information content (AvgIpc) is 2.93. The molecule has 0 aliphatic rings. The van der Waals surface area contributed by atoms with E-state index in [2.05, 4.69) is 23.4 Å². The van der Waals surface area contributed by atoms with Gasteiger partial charge >= 0.3 is 0 Å². The molecule has 1 heterocycles. The summed E-state index contributed by atoms with van der Waals surface area (Å²) in [7, 11) is 0. The lowest BCUT2D eigenvalue weighted by Gasteiger charge is -2.00. The number of imidazole rings is 1. The number of halogens is 1. The van der Waals surface area contributed by atoms with Crippen LogP contribution in [-0.2, 0) is 5.75 Å². The van der Waals surface area contributed by atoms with Gasteiger partial charge in [-0.2, -0.15) is 11.8 Å². The van der Waals surface area contributed by atoms with Crippen LogP contribution in [-0.4, -0.2) is 16.2 Å². The SMILES string of the molecule is CSCc1[nH]c(-c2ccc(Cl)cc2)nc1-c1ccccc1. The highest BCUT2D eigenvalue weighted by Crippen LogP contribution is 2.28. The van der Waals surface area contributed by atoms with Crippen LogP contribution in [0.1, 0.15) is 5.69 Å². The Kier molecular flexibility index (Phi) is 4.32. The standard InChI is InChI=1S/C17H15ClN2S/c1-21-11-15-16(12-5-3-2-4-6-12)20-17(19-15)13-7-9-14(18)10-8-13/h2-10H,11H2,1H3,(H,19,20). The van der Waals surface area contributed by atoms with Crippen molar-refractivity contribution in [1.82, 2.24) is 9.97 Å². The van der Waals surface area contributed by atoms with Gasteiger partial charge in [0.25, 0.3) is 0 Å². The second-order valence-corrected chi connectivity index (χ2v) is 6.02. The summed E-state index contributed by atoms with van der Waals surface area (Å²) in [5, 5.41) is 0.734. The molecule has 0 aliphatic heterocycles. The number of nitrogens with one attached hydrogen (secondary N) is 1. The van der Waals surface area contributed by atoms with E-state index in [1.165, 1.54) is 0 Å². The summed E-state index contributed by atoms with van der Waals surface area (Å²) in [5.74, 6) is 1.79. The van der Waals surface area contributed by atoms with Crippen LogP contribution in [0.2, 0.25) is 5.02 Å². The molecule has 4 heteroatoms. The minimum Gasteiger partial charge on any atom is -0.341 e. The third-order valence-electron chi connectivity index (χ3n) is 3.23. The van der Waals surface area contributed by atoms with Gasteiger partial charge in [-0.05, 0) is 30.5 Å². The fourth-order valence-corrected chi connectivity index (χ4v) is 2.86. The molecular formula is C17H15ClN2S. The number of nitrogens with zero attached hydrogens (tertiary/aromatic N) is 1. The Hall–Kier alpha value is -1.71. The van der Waals surface area contributed by atoms with Crippen molar-refractivity contribution >= 4 is 23.4 Å². The zero-order valence-corrected chi connectivity index (χ0v) is 13.2. The summed E-state index contributed by atoms with van der Waals surface area (Å²) in [6.45, 7) is 0. The maximum atomic E-state index is 5.95. The molecule has 3 aromatic rings. The number of aromatic amines is 1. The molecule has 0 amide bonds. The normalized spacial score (nSPS) is 10.8. The van der Waals surface area contributed by atoms with Crippen molar-refractivity contribution in [1.29, 1.82) is 0 Å². The molecule has 1 N–H and O–H groups in total. The largest absolute Gasteiger partial charge is 0.341 e. The molecule has 0 fully saturated rings. The van der Waals surface area contributed by atoms with Gasteiger partial charge < -0.3 is 4.98 Å². The Morgan fingerprint density at radius 1 is 1.00 bits per heavy atom. The number of thioether (sulfide) groups is 1. The molecule has 0 aliphatic carbocycles. The van der Waals surface area contributed by atoms with Crippen molar-refractivity contribution in [3.8, 4) is 22.6 Å². The van der Waals surface area contributed by atoms with Crippen molar-refractivity contribution < 1.29 is 0 Å². The van der Waals surface area contributed by atoms with E-state index in [-0.39, 0.29) is 0 Å². The van der Waals surface area contributed by atoms with Crippen LogP contribution in [0.4, 0.5) is 0 Å². The first-order chi connectivity index (χ1) is 10.3. The van der Waals surface area contributed by atoms with Gasteiger partial charge in [-0.1, -0.05) is 41.9 Å². The van der Waals surface area contributed by atoms with Gasteiger partial charge in [0.05, 0.1) is 11.4 Å². The van der Waals surface area contributed by atoms with Gasteiger partial charge in [0.15, 0.2) is 0 Å². The summed E-state index contributed by atoms with van der Waals surface area (Å²) in [6, 6.07) is 18.0. The molecule has 0 atom stereocenters. The van der Waals surface area contributed by atoms with E-state index in [0.29, 0.717) is 0 Å². The summed E-state index contributed by atoms with van der Waals surface area (Å²) in [5.41, 5.74) is 4.36. The minimum absolute atomic E-state index is 0.734. The maximum Gasteiger partial charge on any atom is 0.138 e. The van der Waals surface area contributed by atoms with E-state index < -0.39 is 0 Å². The summed E-state index contributed by atoms with van der Waals surface area (Å²) < 4.78 is 0. The Balaban J connectivity index is 2.06. The lowest BCUT2D eigenvalue weighted by molar-refractivity contribution is 1.23. The van der Waals surface area contributed by atoms with Crippen molar-refractivity contribution in [2.75, 3.05) is 6.26 Å². The summed E-state index contributed by atoms with van der Waals surface area (Å²) >= 11 is 7.73. The number of benzene rings is 2. The second kappa shape index (κ2) is 6.37. The van der Waals surface area contributed by atoms with Crippen molar-refractivity contribution in [2.24, 2.45) is 0 Å². The first-order valence-corrected chi connectivity index (χ1v) is 8.44. The van der Waals surface area contributed by atoms with E-state index in [4.69, 9.17) is 16.6 Å². The molecule has 1 aromatic heterocycles. The molecular weight excluding hydrogens is 300 g/mol. The first-order valence-electron chi connectivity index (χ1n) is 6.67. The maximum absolute atomic E-state index is 5.95. The monoisotopic (exact) mass is 314 g/mol. The van der Waals surface area contributed by atoms with Gasteiger partial charge in [-0.25, -0.2) is 4.98 Å². The molecule has 0 bridgehead atoms. The highest BCUT2D eigenvalue weighted by Gasteiger charge is 2.12. The van der Waals surface area contributed by atoms with Gasteiger partial charge in [-0.15, -0.1) is 0 Å². The first kappa shape index (κ1) is 14.2. The van der Waals surface area contributed by atoms with Gasteiger partial charge in [0.1, 0.15) is 5.82 Å². The third-order valence-corrected chi connectivity index (χ3v) is 4.06. The minimum atomic E-state index is 0.734. The lowest BCUT2D eigenvalue weighted by atomic mass is 10.1. The molecule has 0 saturated carbocycles. The molecule has 2 aromatic carbocycles. The number of aromatic nitrogens is 2. The zero-order chi connectivity index (χ0) is 14.7. The van der Waals surface area contributed by atoms with Gasteiger partial charge in [-0.3, -0.25) is 0 Å². The van der Waals surface area contributed by atoms with Crippen LogP contribution in [0, 0.1) is 0 Å². The number of rotatable bonds is 4.